The van der Waals surface area contributed by atoms with E-state index in [1.165, 1.54) is 4.68 Å². The molecular weight excluding hydrogens is 537 g/mol. The molecule has 1 heterocycles. The largest absolute Gasteiger partial charge is 0.497 e. The van der Waals surface area contributed by atoms with Gasteiger partial charge in [-0.2, -0.15) is 0 Å². The van der Waals surface area contributed by atoms with Gasteiger partial charge in [-0.05, 0) is 58.4 Å². The summed E-state index contributed by atoms with van der Waals surface area (Å²) in [6.07, 6.45) is 0.216. The van der Waals surface area contributed by atoms with Crippen LogP contribution in [0.1, 0.15) is 18.9 Å². The molecule has 35 heavy (non-hydrogen) atoms. The molecule has 0 saturated heterocycles. The van der Waals surface area contributed by atoms with Crippen LogP contribution in [-0.4, -0.2) is 51.8 Å². The number of aromatic nitrogens is 4. The van der Waals surface area contributed by atoms with Crippen LogP contribution in [0.5, 0.6) is 5.75 Å². The number of amides is 1. The van der Waals surface area contributed by atoms with Crippen molar-refractivity contribution >= 4 is 58.4 Å². The summed E-state index contributed by atoms with van der Waals surface area (Å²) in [5, 5.41) is 15.3. The molecule has 0 spiro atoms. The van der Waals surface area contributed by atoms with Crippen LogP contribution < -0.4 is 10.1 Å². The maximum Gasteiger partial charge on any atom is 0.407 e. The lowest BCUT2D eigenvalue weighted by molar-refractivity contribution is -0.122. The second-order valence-corrected chi connectivity index (χ2v) is 9.37. The number of nitrogens with one attached hydrogen (secondary N) is 1. The third-order valence-corrected chi connectivity index (χ3v) is 7.32. The first-order chi connectivity index (χ1) is 16.8. The summed E-state index contributed by atoms with van der Waals surface area (Å²) in [6.45, 7) is 1.77. The average molecular weight is 559 g/mol. The van der Waals surface area contributed by atoms with Crippen LogP contribution >= 0.6 is 46.6 Å². The number of methoxy groups -OCH3 is 1. The molecule has 1 aromatic heterocycles. The molecule has 0 bridgehead atoms. The lowest BCUT2D eigenvalue weighted by Gasteiger charge is -2.16. The zero-order valence-electron chi connectivity index (χ0n) is 18.8. The van der Waals surface area contributed by atoms with Crippen molar-refractivity contribution in [2.75, 3.05) is 13.7 Å². The number of hydrogen-bond acceptors (Lipinski definition) is 8. The molecule has 2 aromatic carbocycles. The van der Waals surface area contributed by atoms with Crippen molar-refractivity contribution in [2.24, 2.45) is 0 Å². The molecule has 1 atom stereocenters. The zero-order valence-corrected chi connectivity index (χ0v) is 21.9. The number of tetrazole rings is 1. The first-order valence-corrected chi connectivity index (χ1v) is 12.4. The Morgan fingerprint density at radius 1 is 1.11 bits per heavy atom. The van der Waals surface area contributed by atoms with E-state index in [0.29, 0.717) is 32.9 Å². The maximum absolute atomic E-state index is 12.8. The van der Waals surface area contributed by atoms with Crippen LogP contribution in [0.2, 0.25) is 15.1 Å². The van der Waals surface area contributed by atoms with Crippen molar-refractivity contribution in [1.82, 2.24) is 25.5 Å². The Hall–Kier alpha value is -2.53. The number of ether oxygens (including phenoxy) is 2. The molecule has 1 amide bonds. The van der Waals surface area contributed by atoms with Gasteiger partial charge < -0.3 is 14.8 Å². The van der Waals surface area contributed by atoms with E-state index in [4.69, 9.17) is 44.3 Å². The van der Waals surface area contributed by atoms with Gasteiger partial charge in [0.05, 0.1) is 39.7 Å². The number of halogens is 3. The van der Waals surface area contributed by atoms with E-state index in [0.717, 1.165) is 23.1 Å². The Morgan fingerprint density at radius 2 is 1.83 bits per heavy atom. The normalized spacial score (nSPS) is 11.7. The van der Waals surface area contributed by atoms with Gasteiger partial charge >= 0.3 is 6.09 Å². The highest BCUT2D eigenvalue weighted by atomic mass is 35.5. The fourth-order valence-corrected chi connectivity index (χ4v) is 4.61. The van der Waals surface area contributed by atoms with Crippen LogP contribution in [0, 0.1) is 0 Å². The number of carbonyl (C=O) groups is 2. The second kappa shape index (κ2) is 13.0. The molecule has 0 aliphatic rings. The predicted octanol–water partition coefficient (Wildman–Crippen LogP) is 5.11. The molecule has 0 radical (unpaired) electrons. The number of Topliss-reactive ketones (excluding diaryl/α,β-unsaturated/α-hetero) is 1. The minimum absolute atomic E-state index is 0.164. The molecule has 0 aliphatic heterocycles. The minimum atomic E-state index is -0.774. The van der Waals surface area contributed by atoms with Gasteiger partial charge in [-0.15, -0.1) is 5.10 Å². The predicted molar refractivity (Wildman–Crippen MR) is 134 cm³/mol. The Bertz CT molecular complexity index is 1180. The summed E-state index contributed by atoms with van der Waals surface area (Å²) < 4.78 is 11.7. The second-order valence-electron chi connectivity index (χ2n) is 7.20. The van der Waals surface area contributed by atoms with Crippen molar-refractivity contribution in [2.45, 2.75) is 42.4 Å². The van der Waals surface area contributed by atoms with Gasteiger partial charge in [-0.3, -0.25) is 4.79 Å². The number of carbonyl (C=O) groups excluding carboxylic acids is 2. The fraction of sp³-hybridized carbons (Fsp3) is 0.318. The Balaban J connectivity index is 1.54. The lowest BCUT2D eigenvalue weighted by atomic mass is 10.1. The minimum Gasteiger partial charge on any atom is -0.497 e. The van der Waals surface area contributed by atoms with E-state index in [-0.39, 0.29) is 24.0 Å². The first kappa shape index (κ1) is 27.1. The molecule has 3 rings (SSSR count). The van der Waals surface area contributed by atoms with E-state index < -0.39 is 12.1 Å². The van der Waals surface area contributed by atoms with Gasteiger partial charge in [0, 0.05) is 6.42 Å². The van der Waals surface area contributed by atoms with E-state index >= 15 is 0 Å². The van der Waals surface area contributed by atoms with Crippen molar-refractivity contribution in [3.8, 4) is 5.75 Å². The van der Waals surface area contributed by atoms with Crippen LogP contribution in [0.4, 0.5) is 4.79 Å². The standard InChI is InChI=1S/C22H22Cl3N5O4S/c1-3-17(26-22(32)34-11-10-13-4-6-14(33-2)7-5-13)18(31)12-30-21(27-28-29-30)35-20-16(24)9-8-15(23)19(20)25/h4-9,17H,3,10-12H2,1-2H3,(H,26,32). The van der Waals surface area contributed by atoms with Crippen molar-refractivity contribution in [1.29, 1.82) is 0 Å². The van der Waals surface area contributed by atoms with Crippen molar-refractivity contribution in [3.63, 3.8) is 0 Å². The van der Waals surface area contributed by atoms with Gasteiger partial charge in [-0.1, -0.05) is 53.9 Å². The Kier molecular flexibility index (Phi) is 10.0. The molecule has 0 aliphatic carbocycles. The highest BCUT2D eigenvalue weighted by molar-refractivity contribution is 7.99. The molecule has 9 nitrogen and oxygen atoms in total. The van der Waals surface area contributed by atoms with E-state index in [2.05, 4.69) is 20.8 Å². The Labute approximate surface area is 221 Å². The molecule has 186 valence electrons. The highest BCUT2D eigenvalue weighted by Gasteiger charge is 2.23. The Morgan fingerprint density at radius 3 is 2.51 bits per heavy atom. The summed E-state index contributed by atoms with van der Waals surface area (Å²) in [6, 6.07) is 9.87. The summed E-state index contributed by atoms with van der Waals surface area (Å²) in [5.74, 6) is 0.455. The smallest absolute Gasteiger partial charge is 0.407 e. The number of alkyl carbamates (subject to hydrolysis) is 1. The van der Waals surface area contributed by atoms with Gasteiger partial charge in [0.15, 0.2) is 5.78 Å². The summed E-state index contributed by atoms with van der Waals surface area (Å²) in [5.41, 5.74) is 0.991. The number of rotatable bonds is 11. The molecule has 1 N–H and O–H groups in total. The number of benzene rings is 2. The molecule has 13 heteroatoms. The van der Waals surface area contributed by atoms with Gasteiger partial charge in [0.2, 0.25) is 5.16 Å². The van der Waals surface area contributed by atoms with Crippen LogP contribution in [0.3, 0.4) is 0 Å². The average Bonchev–Trinajstić information content (AvgIpc) is 3.29. The van der Waals surface area contributed by atoms with Crippen molar-refractivity contribution in [3.05, 3.63) is 57.0 Å². The molecular formula is C22H22Cl3N5O4S. The molecule has 0 fully saturated rings. The highest BCUT2D eigenvalue weighted by Crippen LogP contribution is 2.41. The third kappa shape index (κ3) is 7.47. The third-order valence-electron chi connectivity index (χ3n) is 4.87. The molecule has 3 aromatic rings. The topological polar surface area (TPSA) is 108 Å². The monoisotopic (exact) mass is 557 g/mol. The van der Waals surface area contributed by atoms with Crippen LogP contribution in [-0.2, 0) is 22.5 Å². The number of nitrogens with zero attached hydrogens (tertiary/aromatic N) is 4. The van der Waals surface area contributed by atoms with E-state index in [1.807, 2.05) is 24.3 Å². The lowest BCUT2D eigenvalue weighted by Crippen LogP contribution is -2.42. The first-order valence-electron chi connectivity index (χ1n) is 10.5. The summed E-state index contributed by atoms with van der Waals surface area (Å²) in [4.78, 5) is 25.5. The summed E-state index contributed by atoms with van der Waals surface area (Å²) >= 11 is 19.6. The van der Waals surface area contributed by atoms with Gasteiger partial charge in [0.25, 0.3) is 0 Å². The van der Waals surface area contributed by atoms with Gasteiger partial charge in [-0.25, -0.2) is 9.48 Å². The van der Waals surface area contributed by atoms with E-state index in [9.17, 15) is 9.59 Å². The molecule has 1 unspecified atom stereocenters. The molecule has 0 saturated carbocycles. The quantitative estimate of drug-likeness (QED) is 0.324. The number of hydrogen-bond donors (Lipinski definition) is 1. The fourth-order valence-electron chi connectivity index (χ4n) is 2.97. The summed E-state index contributed by atoms with van der Waals surface area (Å²) in [7, 11) is 1.59. The van der Waals surface area contributed by atoms with Crippen LogP contribution in [0.15, 0.2) is 46.5 Å². The van der Waals surface area contributed by atoms with Gasteiger partial charge in [0.1, 0.15) is 12.3 Å². The maximum atomic E-state index is 12.8. The van der Waals surface area contributed by atoms with E-state index in [1.54, 1.807) is 26.2 Å². The number of ketones is 1. The van der Waals surface area contributed by atoms with Crippen molar-refractivity contribution < 1.29 is 19.1 Å². The SMILES string of the molecule is CCC(NC(=O)OCCc1ccc(OC)cc1)C(=O)Cn1nnnc1Sc1c(Cl)ccc(Cl)c1Cl. The zero-order chi connectivity index (χ0) is 25.4. The van der Waals surface area contributed by atoms with Crippen LogP contribution in [0.25, 0.3) is 0 Å².